The maximum atomic E-state index is 11.8. The van der Waals surface area contributed by atoms with Crippen LogP contribution in [0, 0.1) is 6.92 Å². The van der Waals surface area contributed by atoms with Crippen molar-refractivity contribution < 1.29 is 33.3 Å². The van der Waals surface area contributed by atoms with Crippen LogP contribution in [0.4, 0.5) is 5.69 Å². The molecule has 0 aliphatic heterocycles. The third-order valence-electron chi connectivity index (χ3n) is 4.36. The second-order valence-electron chi connectivity index (χ2n) is 7.30. The molecule has 0 spiro atoms. The number of rotatable bonds is 16. The smallest absolute Gasteiger partial charge is 0.313 e. The van der Waals surface area contributed by atoms with E-state index in [1.807, 2.05) is 0 Å². The van der Waals surface area contributed by atoms with Gasteiger partial charge in [-0.05, 0) is 36.8 Å². The highest BCUT2D eigenvalue weighted by molar-refractivity contribution is 5.88. The van der Waals surface area contributed by atoms with Crippen LogP contribution in [0.3, 0.4) is 0 Å². The number of carbonyl (C=O) groups excluding carboxylic acids is 2. The highest BCUT2D eigenvalue weighted by atomic mass is 16.6. The van der Waals surface area contributed by atoms with Gasteiger partial charge < -0.3 is 29.0 Å². The Morgan fingerprint density at radius 1 is 0.727 bits per heavy atom. The second-order valence-corrected chi connectivity index (χ2v) is 7.30. The quantitative estimate of drug-likeness (QED) is 0.233. The first-order valence-corrected chi connectivity index (χ1v) is 11.0. The van der Waals surface area contributed by atoms with E-state index in [1.165, 1.54) is 12.5 Å². The van der Waals surface area contributed by atoms with Gasteiger partial charge >= 0.3 is 5.97 Å². The Morgan fingerprint density at radius 2 is 1.27 bits per heavy atom. The van der Waals surface area contributed by atoms with Crippen LogP contribution in [-0.2, 0) is 35.1 Å². The fourth-order valence-electron chi connectivity index (χ4n) is 2.68. The number of esters is 1. The molecule has 2 aromatic carbocycles. The van der Waals surface area contributed by atoms with Crippen molar-refractivity contribution in [1.29, 1.82) is 0 Å². The summed E-state index contributed by atoms with van der Waals surface area (Å²) in [5.41, 5.74) is 3.02. The van der Waals surface area contributed by atoms with E-state index in [-0.39, 0.29) is 24.9 Å². The standard InChI is InChI=1S/C25H33NO7/c1-20-3-5-22(6-4-20)19-32-18-17-31-16-15-30-14-13-29-12-11-25(28)33-24-9-7-23(8-10-24)26-21(2)27/h3-10H,11-19H2,1-2H3,(H,26,27). The van der Waals surface area contributed by atoms with Crippen LogP contribution in [0.1, 0.15) is 24.5 Å². The van der Waals surface area contributed by atoms with E-state index in [9.17, 15) is 9.59 Å². The van der Waals surface area contributed by atoms with Crippen LogP contribution in [0.2, 0.25) is 0 Å². The Kier molecular flexibility index (Phi) is 12.8. The minimum Gasteiger partial charge on any atom is -0.426 e. The van der Waals surface area contributed by atoms with E-state index in [1.54, 1.807) is 24.3 Å². The first kappa shape index (κ1) is 26.5. The van der Waals surface area contributed by atoms with E-state index in [0.29, 0.717) is 57.7 Å². The predicted octanol–water partition coefficient (Wildman–Crippen LogP) is 3.52. The normalized spacial score (nSPS) is 10.7. The zero-order valence-electron chi connectivity index (χ0n) is 19.3. The SMILES string of the molecule is CC(=O)Nc1ccc(OC(=O)CCOCCOCCOCCOCc2ccc(C)cc2)cc1. The fraction of sp³-hybridized carbons (Fsp3) is 0.440. The predicted molar refractivity (Wildman–Crippen MR) is 124 cm³/mol. The maximum Gasteiger partial charge on any atom is 0.313 e. The van der Waals surface area contributed by atoms with E-state index in [2.05, 4.69) is 36.5 Å². The first-order valence-electron chi connectivity index (χ1n) is 11.0. The fourth-order valence-corrected chi connectivity index (χ4v) is 2.68. The average Bonchev–Trinajstić information content (AvgIpc) is 2.79. The zero-order valence-corrected chi connectivity index (χ0v) is 19.3. The van der Waals surface area contributed by atoms with Gasteiger partial charge in [-0.2, -0.15) is 0 Å². The molecule has 0 saturated carbocycles. The second kappa shape index (κ2) is 15.9. The summed E-state index contributed by atoms with van der Waals surface area (Å²) in [5, 5.41) is 2.65. The molecule has 0 heterocycles. The highest BCUT2D eigenvalue weighted by Crippen LogP contribution is 2.16. The van der Waals surface area contributed by atoms with Crippen molar-refractivity contribution in [3.63, 3.8) is 0 Å². The van der Waals surface area contributed by atoms with Crippen molar-refractivity contribution in [2.24, 2.45) is 0 Å². The van der Waals surface area contributed by atoms with Gasteiger partial charge in [0.05, 0.1) is 59.3 Å². The first-order chi connectivity index (χ1) is 16.0. The number of hydrogen-bond acceptors (Lipinski definition) is 7. The summed E-state index contributed by atoms with van der Waals surface area (Å²) >= 11 is 0. The summed E-state index contributed by atoms with van der Waals surface area (Å²) in [7, 11) is 0. The summed E-state index contributed by atoms with van der Waals surface area (Å²) in [6, 6.07) is 14.8. The van der Waals surface area contributed by atoms with Crippen molar-refractivity contribution in [1.82, 2.24) is 0 Å². The zero-order chi connectivity index (χ0) is 23.7. The number of benzene rings is 2. The molecule has 0 aliphatic carbocycles. The summed E-state index contributed by atoms with van der Waals surface area (Å²) in [6.45, 7) is 7.14. The maximum absolute atomic E-state index is 11.8. The van der Waals surface area contributed by atoms with Gasteiger partial charge in [0.1, 0.15) is 5.75 Å². The molecule has 2 rings (SSSR count). The third kappa shape index (κ3) is 12.7. The van der Waals surface area contributed by atoms with Crippen molar-refractivity contribution in [2.45, 2.75) is 26.9 Å². The van der Waals surface area contributed by atoms with Crippen LogP contribution in [-0.4, -0.2) is 58.1 Å². The molecule has 8 nitrogen and oxygen atoms in total. The van der Waals surface area contributed by atoms with Gasteiger partial charge in [-0.1, -0.05) is 29.8 Å². The van der Waals surface area contributed by atoms with Gasteiger partial charge in [0.15, 0.2) is 0 Å². The Labute approximate surface area is 195 Å². The number of hydrogen-bond donors (Lipinski definition) is 1. The molecule has 0 aromatic heterocycles. The molecule has 2 aromatic rings. The number of anilines is 1. The minimum atomic E-state index is -0.388. The minimum absolute atomic E-state index is 0.138. The third-order valence-corrected chi connectivity index (χ3v) is 4.36. The van der Waals surface area contributed by atoms with Gasteiger partial charge in [-0.25, -0.2) is 0 Å². The molecule has 1 amide bonds. The summed E-state index contributed by atoms with van der Waals surface area (Å²) in [6.07, 6.45) is 0.138. The molecule has 0 atom stereocenters. The molecule has 0 fully saturated rings. The summed E-state index contributed by atoms with van der Waals surface area (Å²) in [5.74, 6) is -0.133. The average molecular weight is 460 g/mol. The van der Waals surface area contributed by atoms with E-state index >= 15 is 0 Å². The monoisotopic (exact) mass is 459 g/mol. The molecule has 1 N–H and O–H groups in total. The van der Waals surface area contributed by atoms with Crippen LogP contribution in [0.5, 0.6) is 5.75 Å². The van der Waals surface area contributed by atoms with Crippen molar-refractivity contribution in [2.75, 3.05) is 51.6 Å². The molecule has 0 saturated heterocycles. The van der Waals surface area contributed by atoms with E-state index in [0.717, 1.165) is 5.56 Å². The lowest BCUT2D eigenvalue weighted by Crippen LogP contribution is -2.14. The van der Waals surface area contributed by atoms with E-state index in [4.69, 9.17) is 23.7 Å². The lowest BCUT2D eigenvalue weighted by Gasteiger charge is -2.08. The largest absolute Gasteiger partial charge is 0.426 e. The molecular formula is C25H33NO7. The topological polar surface area (TPSA) is 92.3 Å². The summed E-state index contributed by atoms with van der Waals surface area (Å²) < 4.78 is 27.0. The van der Waals surface area contributed by atoms with Gasteiger partial charge in [0.25, 0.3) is 0 Å². The van der Waals surface area contributed by atoms with Gasteiger partial charge in [-0.15, -0.1) is 0 Å². The molecular weight excluding hydrogens is 426 g/mol. The number of carbonyl (C=O) groups is 2. The van der Waals surface area contributed by atoms with Crippen LogP contribution < -0.4 is 10.1 Å². The molecule has 0 unspecified atom stereocenters. The van der Waals surface area contributed by atoms with Crippen molar-refractivity contribution in [3.8, 4) is 5.75 Å². The summed E-state index contributed by atoms with van der Waals surface area (Å²) in [4.78, 5) is 22.8. The number of aryl methyl sites for hydroxylation is 1. The van der Waals surface area contributed by atoms with Crippen LogP contribution in [0.15, 0.2) is 48.5 Å². The van der Waals surface area contributed by atoms with Gasteiger partial charge in [0, 0.05) is 12.6 Å². The molecule has 180 valence electrons. The Bertz CT molecular complexity index is 822. The van der Waals surface area contributed by atoms with Crippen LogP contribution in [0.25, 0.3) is 0 Å². The Balaban J connectivity index is 1.37. The molecule has 0 aliphatic rings. The van der Waals surface area contributed by atoms with Gasteiger partial charge in [-0.3, -0.25) is 9.59 Å². The Morgan fingerprint density at radius 3 is 1.85 bits per heavy atom. The molecule has 0 bridgehead atoms. The lowest BCUT2D eigenvalue weighted by atomic mass is 10.2. The number of amides is 1. The molecule has 33 heavy (non-hydrogen) atoms. The highest BCUT2D eigenvalue weighted by Gasteiger charge is 2.05. The van der Waals surface area contributed by atoms with Crippen LogP contribution >= 0.6 is 0 Å². The number of nitrogens with one attached hydrogen (secondary N) is 1. The lowest BCUT2D eigenvalue weighted by molar-refractivity contribution is -0.135. The Hall–Kier alpha value is -2.78. The van der Waals surface area contributed by atoms with Crippen molar-refractivity contribution >= 4 is 17.6 Å². The van der Waals surface area contributed by atoms with E-state index < -0.39 is 0 Å². The van der Waals surface area contributed by atoms with Crippen molar-refractivity contribution in [3.05, 3.63) is 59.7 Å². The molecule has 8 heteroatoms. The number of ether oxygens (including phenoxy) is 5. The van der Waals surface area contributed by atoms with Gasteiger partial charge in [0.2, 0.25) is 5.91 Å². The molecule has 0 radical (unpaired) electrons.